The molecule has 1 heterocycles. The molecule has 0 radical (unpaired) electrons. The van der Waals surface area contributed by atoms with Crippen molar-refractivity contribution in [3.63, 3.8) is 0 Å². The smallest absolute Gasteiger partial charge is 0.326 e. The van der Waals surface area contributed by atoms with Crippen molar-refractivity contribution in [2.24, 2.45) is 0 Å². The van der Waals surface area contributed by atoms with Gasteiger partial charge in [0.2, 0.25) is 5.95 Å². The van der Waals surface area contributed by atoms with E-state index in [1.54, 1.807) is 13.1 Å². The fourth-order valence-corrected chi connectivity index (χ4v) is 1.87. The zero-order valence-electron chi connectivity index (χ0n) is 13.6. The van der Waals surface area contributed by atoms with Gasteiger partial charge in [0.05, 0.1) is 5.69 Å². The molecule has 1 atom stereocenters. The van der Waals surface area contributed by atoms with Gasteiger partial charge in [-0.2, -0.15) is 0 Å². The maximum atomic E-state index is 13.5. The van der Waals surface area contributed by atoms with E-state index in [4.69, 9.17) is 4.74 Å². The Morgan fingerprint density at radius 3 is 2.64 bits per heavy atom. The minimum Gasteiger partial charge on any atom is -0.451 e. The summed E-state index contributed by atoms with van der Waals surface area (Å²) < 4.78 is 31.6. The molecule has 1 aromatic carbocycles. The average molecular weight is 350 g/mol. The normalized spacial score (nSPS) is 11.5. The SMILES string of the molecule is CC(OC(=O)CN(C)c1ncccn1)C(=O)Nc1cc(F)ccc1F. The summed E-state index contributed by atoms with van der Waals surface area (Å²) in [6, 6.07) is 4.28. The molecular weight excluding hydrogens is 334 g/mol. The van der Waals surface area contributed by atoms with Gasteiger partial charge in [0.25, 0.3) is 5.91 Å². The minimum absolute atomic E-state index is 0.185. The van der Waals surface area contributed by atoms with Crippen LogP contribution in [0.5, 0.6) is 0 Å². The molecule has 25 heavy (non-hydrogen) atoms. The minimum atomic E-state index is -1.19. The number of amides is 1. The van der Waals surface area contributed by atoms with Crippen LogP contribution in [-0.4, -0.2) is 41.5 Å². The fourth-order valence-electron chi connectivity index (χ4n) is 1.87. The number of benzene rings is 1. The number of hydrogen-bond donors (Lipinski definition) is 1. The Morgan fingerprint density at radius 1 is 1.28 bits per heavy atom. The van der Waals surface area contributed by atoms with E-state index in [2.05, 4.69) is 15.3 Å². The number of aromatic nitrogens is 2. The van der Waals surface area contributed by atoms with Gasteiger partial charge in [0, 0.05) is 25.5 Å². The monoisotopic (exact) mass is 350 g/mol. The molecule has 1 aromatic heterocycles. The third kappa shape index (κ3) is 5.20. The molecule has 0 aliphatic carbocycles. The number of anilines is 2. The van der Waals surface area contributed by atoms with Gasteiger partial charge in [-0.3, -0.25) is 9.59 Å². The van der Waals surface area contributed by atoms with Gasteiger partial charge in [-0.05, 0) is 25.1 Å². The maximum absolute atomic E-state index is 13.5. The van der Waals surface area contributed by atoms with Crippen molar-refractivity contribution in [2.45, 2.75) is 13.0 Å². The van der Waals surface area contributed by atoms with Crippen LogP contribution in [0.2, 0.25) is 0 Å². The number of carbonyl (C=O) groups is 2. The largest absolute Gasteiger partial charge is 0.451 e. The number of carbonyl (C=O) groups excluding carboxylic acids is 2. The molecular formula is C16H16F2N4O3. The van der Waals surface area contributed by atoms with Crippen molar-refractivity contribution >= 4 is 23.5 Å². The highest BCUT2D eigenvalue weighted by Crippen LogP contribution is 2.15. The standard InChI is InChI=1S/C16H16F2N4O3/c1-10(15(24)21-13-8-11(17)4-5-12(13)18)25-14(23)9-22(2)16-19-6-3-7-20-16/h3-8,10H,9H2,1-2H3,(H,21,24). The zero-order chi connectivity index (χ0) is 18.4. The summed E-state index contributed by atoms with van der Waals surface area (Å²) in [5.74, 6) is -2.66. The first-order valence-corrected chi connectivity index (χ1v) is 7.30. The fraction of sp³-hybridized carbons (Fsp3) is 0.250. The molecule has 0 aliphatic rings. The summed E-state index contributed by atoms with van der Waals surface area (Å²) in [7, 11) is 1.59. The Kier molecular flexibility index (Phi) is 5.93. The van der Waals surface area contributed by atoms with E-state index in [0.717, 1.165) is 18.2 Å². The van der Waals surface area contributed by atoms with Crippen LogP contribution >= 0.6 is 0 Å². The lowest BCUT2D eigenvalue weighted by molar-refractivity contribution is -0.151. The Balaban J connectivity index is 1.90. The number of ether oxygens (including phenoxy) is 1. The van der Waals surface area contributed by atoms with E-state index in [1.165, 1.54) is 24.2 Å². The highest BCUT2D eigenvalue weighted by molar-refractivity contribution is 5.95. The molecule has 0 bridgehead atoms. The number of nitrogens with zero attached hydrogens (tertiary/aromatic N) is 3. The summed E-state index contributed by atoms with van der Waals surface area (Å²) in [4.78, 5) is 33.2. The topological polar surface area (TPSA) is 84.4 Å². The molecule has 132 valence electrons. The van der Waals surface area contributed by atoms with E-state index in [1.807, 2.05) is 0 Å². The quantitative estimate of drug-likeness (QED) is 0.799. The summed E-state index contributed by atoms with van der Waals surface area (Å²) in [5.41, 5.74) is -0.331. The van der Waals surface area contributed by atoms with Crippen molar-refractivity contribution in [1.82, 2.24) is 9.97 Å². The van der Waals surface area contributed by atoms with Crippen LogP contribution in [0.3, 0.4) is 0 Å². The summed E-state index contributed by atoms with van der Waals surface area (Å²) in [6.07, 6.45) is 1.85. The van der Waals surface area contributed by atoms with E-state index in [0.29, 0.717) is 5.95 Å². The zero-order valence-corrected chi connectivity index (χ0v) is 13.6. The number of likely N-dealkylation sites (N-methyl/N-ethyl adjacent to an activating group) is 1. The van der Waals surface area contributed by atoms with Gasteiger partial charge in [0.15, 0.2) is 6.10 Å². The third-order valence-electron chi connectivity index (χ3n) is 3.12. The first-order valence-electron chi connectivity index (χ1n) is 7.30. The van der Waals surface area contributed by atoms with Crippen molar-refractivity contribution in [3.8, 4) is 0 Å². The van der Waals surface area contributed by atoms with Crippen molar-refractivity contribution in [3.05, 3.63) is 48.3 Å². The molecule has 0 aliphatic heterocycles. The molecule has 2 aromatic rings. The van der Waals surface area contributed by atoms with Gasteiger partial charge in [-0.1, -0.05) is 0 Å². The van der Waals surface area contributed by atoms with Crippen molar-refractivity contribution in [1.29, 1.82) is 0 Å². The van der Waals surface area contributed by atoms with Crippen LogP contribution in [0.1, 0.15) is 6.92 Å². The van der Waals surface area contributed by atoms with Crippen LogP contribution in [0.15, 0.2) is 36.7 Å². The van der Waals surface area contributed by atoms with Crippen LogP contribution in [-0.2, 0) is 14.3 Å². The van der Waals surface area contributed by atoms with Crippen molar-refractivity contribution in [2.75, 3.05) is 23.8 Å². The lowest BCUT2D eigenvalue weighted by Crippen LogP contribution is -2.35. The van der Waals surface area contributed by atoms with Crippen LogP contribution in [0.4, 0.5) is 20.4 Å². The number of rotatable bonds is 6. The highest BCUT2D eigenvalue weighted by Gasteiger charge is 2.20. The first kappa shape index (κ1) is 18.2. The molecule has 0 fully saturated rings. The third-order valence-corrected chi connectivity index (χ3v) is 3.12. The van der Waals surface area contributed by atoms with E-state index >= 15 is 0 Å². The molecule has 0 saturated carbocycles. The second-order valence-electron chi connectivity index (χ2n) is 5.15. The van der Waals surface area contributed by atoms with E-state index < -0.39 is 29.6 Å². The molecule has 1 unspecified atom stereocenters. The van der Waals surface area contributed by atoms with Crippen LogP contribution in [0, 0.1) is 11.6 Å². The van der Waals surface area contributed by atoms with Gasteiger partial charge >= 0.3 is 5.97 Å². The number of esters is 1. The van der Waals surface area contributed by atoms with Crippen molar-refractivity contribution < 1.29 is 23.1 Å². The Hall–Kier alpha value is -3.10. The summed E-state index contributed by atoms with van der Waals surface area (Å²) in [5, 5.41) is 2.17. The van der Waals surface area contributed by atoms with Crippen LogP contribution < -0.4 is 10.2 Å². The predicted octanol–water partition coefficient (Wildman–Crippen LogP) is 1.76. The molecule has 7 nitrogen and oxygen atoms in total. The maximum Gasteiger partial charge on any atom is 0.326 e. The Labute approximate surface area is 142 Å². The Bertz CT molecular complexity index is 758. The number of hydrogen-bond acceptors (Lipinski definition) is 6. The highest BCUT2D eigenvalue weighted by atomic mass is 19.1. The van der Waals surface area contributed by atoms with E-state index in [9.17, 15) is 18.4 Å². The molecule has 2 rings (SSSR count). The molecule has 0 saturated heterocycles. The molecule has 9 heteroatoms. The first-order chi connectivity index (χ1) is 11.9. The van der Waals surface area contributed by atoms with Gasteiger partial charge < -0.3 is 15.0 Å². The lowest BCUT2D eigenvalue weighted by atomic mass is 10.2. The number of halogens is 2. The molecule has 0 spiro atoms. The summed E-state index contributed by atoms with van der Waals surface area (Å²) >= 11 is 0. The second kappa shape index (κ2) is 8.13. The van der Waals surface area contributed by atoms with E-state index in [-0.39, 0.29) is 12.2 Å². The number of nitrogens with one attached hydrogen (secondary N) is 1. The summed E-state index contributed by atoms with van der Waals surface area (Å²) in [6.45, 7) is 1.14. The van der Waals surface area contributed by atoms with Gasteiger partial charge in [-0.15, -0.1) is 0 Å². The molecule has 1 N–H and O–H groups in total. The lowest BCUT2D eigenvalue weighted by Gasteiger charge is -2.18. The Morgan fingerprint density at radius 2 is 1.96 bits per heavy atom. The average Bonchev–Trinajstić information content (AvgIpc) is 2.58. The van der Waals surface area contributed by atoms with Gasteiger partial charge in [-0.25, -0.2) is 18.7 Å². The van der Waals surface area contributed by atoms with Gasteiger partial charge in [0.1, 0.15) is 18.2 Å². The second-order valence-corrected chi connectivity index (χ2v) is 5.15. The predicted molar refractivity (Wildman–Crippen MR) is 85.8 cm³/mol. The van der Waals surface area contributed by atoms with Crippen LogP contribution in [0.25, 0.3) is 0 Å². The molecule has 1 amide bonds.